The van der Waals surface area contributed by atoms with Crippen molar-refractivity contribution in [2.45, 2.75) is 32.5 Å². The van der Waals surface area contributed by atoms with Crippen LogP contribution in [0.5, 0.6) is 0 Å². The molecule has 2 atom stereocenters. The van der Waals surface area contributed by atoms with E-state index in [9.17, 15) is 9.59 Å². The quantitative estimate of drug-likeness (QED) is 0.918. The second-order valence-electron chi connectivity index (χ2n) is 6.17. The molecule has 1 aliphatic rings. The van der Waals surface area contributed by atoms with Gasteiger partial charge in [0.15, 0.2) is 6.10 Å². The molecule has 3 rings (SSSR count). The highest BCUT2D eigenvalue weighted by molar-refractivity contribution is 5.96. The fraction of sp³-hybridized carbons (Fsp3) is 0.389. The lowest BCUT2D eigenvalue weighted by molar-refractivity contribution is -0.160. The van der Waals surface area contributed by atoms with E-state index in [0.717, 1.165) is 17.7 Å². The van der Waals surface area contributed by atoms with Crippen molar-refractivity contribution < 1.29 is 14.3 Å². The van der Waals surface area contributed by atoms with Crippen molar-refractivity contribution in [2.75, 3.05) is 19.0 Å². The number of likely N-dealkylation sites (N-methyl/N-ethyl adjacent to an activating group) is 1. The summed E-state index contributed by atoms with van der Waals surface area (Å²) in [5, 5.41) is 6.97. The first-order valence-corrected chi connectivity index (χ1v) is 8.26. The number of benzene rings is 1. The fourth-order valence-electron chi connectivity index (χ4n) is 2.91. The number of morpholine rings is 1. The van der Waals surface area contributed by atoms with Crippen molar-refractivity contribution in [3.8, 4) is 0 Å². The van der Waals surface area contributed by atoms with E-state index in [4.69, 9.17) is 4.74 Å². The molecular weight excluding hydrogens is 320 g/mol. The van der Waals surface area contributed by atoms with E-state index in [1.165, 1.54) is 0 Å². The highest BCUT2D eigenvalue weighted by atomic mass is 16.5. The van der Waals surface area contributed by atoms with Gasteiger partial charge in [-0.05, 0) is 19.4 Å². The van der Waals surface area contributed by atoms with Crippen LogP contribution in [0.15, 0.2) is 36.7 Å². The zero-order valence-electron chi connectivity index (χ0n) is 14.6. The number of ether oxygens (including phenoxy) is 1. The van der Waals surface area contributed by atoms with Crippen LogP contribution >= 0.6 is 0 Å². The van der Waals surface area contributed by atoms with Gasteiger partial charge in [0, 0.05) is 19.8 Å². The summed E-state index contributed by atoms with van der Waals surface area (Å²) in [5.74, 6) is -0.436. The number of nitrogens with one attached hydrogen (secondary N) is 1. The van der Waals surface area contributed by atoms with Crippen LogP contribution in [-0.4, -0.2) is 46.3 Å². The molecule has 1 fully saturated rings. The summed E-state index contributed by atoms with van der Waals surface area (Å²) in [7, 11) is 1.70. The van der Waals surface area contributed by atoms with Crippen molar-refractivity contribution in [3.63, 3.8) is 0 Å². The third-order valence-electron chi connectivity index (χ3n) is 4.39. The molecule has 0 spiro atoms. The number of aromatic nitrogens is 2. The Kier molecular flexibility index (Phi) is 4.85. The second-order valence-corrected chi connectivity index (χ2v) is 6.17. The number of nitrogens with zero attached hydrogens (tertiary/aromatic N) is 3. The molecule has 7 heteroatoms. The normalized spacial score (nSPS) is 20.6. The van der Waals surface area contributed by atoms with E-state index in [-0.39, 0.29) is 18.4 Å². The minimum atomic E-state index is -0.782. The van der Waals surface area contributed by atoms with Crippen LogP contribution in [-0.2, 0) is 20.9 Å². The third-order valence-corrected chi connectivity index (χ3v) is 4.39. The number of hydrogen-bond donors (Lipinski definition) is 1. The Bertz CT molecular complexity index is 769. The fourth-order valence-corrected chi connectivity index (χ4v) is 2.91. The molecule has 0 saturated carbocycles. The van der Waals surface area contributed by atoms with Crippen LogP contribution in [0.4, 0.5) is 5.69 Å². The van der Waals surface area contributed by atoms with Crippen molar-refractivity contribution in [2.24, 2.45) is 0 Å². The Morgan fingerprint density at radius 1 is 1.36 bits per heavy atom. The van der Waals surface area contributed by atoms with E-state index in [1.807, 2.05) is 38.1 Å². The summed E-state index contributed by atoms with van der Waals surface area (Å²) in [5.41, 5.74) is 2.59. The average Bonchev–Trinajstić information content (AvgIpc) is 3.05. The predicted octanol–water partition coefficient (Wildman–Crippen LogP) is 1.75. The Labute approximate surface area is 146 Å². The first kappa shape index (κ1) is 17.2. The molecule has 25 heavy (non-hydrogen) atoms. The molecule has 2 heterocycles. The highest BCUT2D eigenvalue weighted by Crippen LogP contribution is 2.30. The predicted molar refractivity (Wildman–Crippen MR) is 93.0 cm³/mol. The lowest BCUT2D eigenvalue weighted by atomic mass is 9.96. The van der Waals surface area contributed by atoms with Gasteiger partial charge in [-0.15, -0.1) is 0 Å². The Morgan fingerprint density at radius 3 is 2.72 bits per heavy atom. The lowest BCUT2D eigenvalue weighted by Gasteiger charge is -2.38. The van der Waals surface area contributed by atoms with E-state index in [1.54, 1.807) is 29.0 Å². The van der Waals surface area contributed by atoms with Gasteiger partial charge in [-0.3, -0.25) is 14.3 Å². The maximum atomic E-state index is 12.8. The van der Waals surface area contributed by atoms with Crippen molar-refractivity contribution in [1.82, 2.24) is 14.7 Å². The van der Waals surface area contributed by atoms with Crippen LogP contribution < -0.4 is 5.32 Å². The Morgan fingerprint density at radius 2 is 2.08 bits per heavy atom. The molecule has 2 aromatic rings. The molecule has 1 aliphatic heterocycles. The lowest BCUT2D eigenvalue weighted by Crippen LogP contribution is -2.51. The SMILES string of the molecule is CCn1cc(NC(=O)[C@@H]2OCC(=O)N(C)[C@@H]2c2ccc(C)cc2)cn1. The number of anilines is 1. The van der Waals surface area contributed by atoms with E-state index >= 15 is 0 Å². The van der Waals surface area contributed by atoms with E-state index < -0.39 is 12.1 Å². The molecular formula is C18H22N4O3. The van der Waals surface area contributed by atoms with Gasteiger partial charge in [0.1, 0.15) is 6.61 Å². The van der Waals surface area contributed by atoms with Crippen LogP contribution in [0, 0.1) is 6.92 Å². The Balaban J connectivity index is 1.84. The molecule has 0 radical (unpaired) electrons. The minimum absolute atomic E-state index is 0.106. The molecule has 0 unspecified atom stereocenters. The molecule has 0 aliphatic carbocycles. The molecule has 0 bridgehead atoms. The van der Waals surface area contributed by atoms with E-state index in [0.29, 0.717) is 5.69 Å². The average molecular weight is 342 g/mol. The molecule has 1 saturated heterocycles. The first-order chi connectivity index (χ1) is 12.0. The number of aryl methyl sites for hydroxylation is 2. The van der Waals surface area contributed by atoms with Crippen LogP contribution in [0.2, 0.25) is 0 Å². The second kappa shape index (κ2) is 7.06. The Hall–Kier alpha value is -2.67. The van der Waals surface area contributed by atoms with Gasteiger partial charge < -0.3 is 15.0 Å². The maximum absolute atomic E-state index is 12.8. The van der Waals surface area contributed by atoms with Crippen molar-refractivity contribution in [1.29, 1.82) is 0 Å². The van der Waals surface area contributed by atoms with Crippen molar-refractivity contribution >= 4 is 17.5 Å². The first-order valence-electron chi connectivity index (χ1n) is 8.26. The summed E-state index contributed by atoms with van der Waals surface area (Å²) >= 11 is 0. The molecule has 132 valence electrons. The number of carbonyl (C=O) groups excluding carboxylic acids is 2. The van der Waals surface area contributed by atoms with Gasteiger partial charge in [0.2, 0.25) is 5.91 Å². The summed E-state index contributed by atoms with van der Waals surface area (Å²) in [6.45, 7) is 4.58. The largest absolute Gasteiger partial charge is 0.356 e. The monoisotopic (exact) mass is 342 g/mol. The maximum Gasteiger partial charge on any atom is 0.256 e. The number of rotatable bonds is 4. The molecule has 1 aromatic heterocycles. The molecule has 1 N–H and O–H groups in total. The summed E-state index contributed by atoms with van der Waals surface area (Å²) < 4.78 is 7.32. The van der Waals surface area contributed by atoms with Gasteiger partial charge in [0.05, 0.1) is 17.9 Å². The van der Waals surface area contributed by atoms with Gasteiger partial charge in [-0.25, -0.2) is 0 Å². The topological polar surface area (TPSA) is 76.5 Å². The van der Waals surface area contributed by atoms with Crippen LogP contribution in [0.3, 0.4) is 0 Å². The third kappa shape index (κ3) is 3.56. The van der Waals surface area contributed by atoms with Crippen LogP contribution in [0.1, 0.15) is 24.1 Å². The van der Waals surface area contributed by atoms with Gasteiger partial charge in [-0.1, -0.05) is 29.8 Å². The standard InChI is InChI=1S/C18H22N4O3/c1-4-22-10-14(9-19-22)20-18(24)17-16(21(3)15(23)11-25-17)13-7-5-12(2)6-8-13/h5-10,16-17H,4,11H2,1-3H3,(H,20,24)/t16-,17-/m1/s1. The van der Waals surface area contributed by atoms with E-state index in [2.05, 4.69) is 10.4 Å². The van der Waals surface area contributed by atoms with Crippen molar-refractivity contribution in [3.05, 3.63) is 47.8 Å². The molecule has 2 amide bonds. The zero-order chi connectivity index (χ0) is 18.0. The molecule has 7 nitrogen and oxygen atoms in total. The number of amides is 2. The summed E-state index contributed by atoms with van der Waals surface area (Å²) in [4.78, 5) is 26.4. The number of carbonyl (C=O) groups is 2. The zero-order valence-corrected chi connectivity index (χ0v) is 14.6. The van der Waals surface area contributed by atoms with Gasteiger partial charge >= 0.3 is 0 Å². The smallest absolute Gasteiger partial charge is 0.256 e. The minimum Gasteiger partial charge on any atom is -0.356 e. The van der Waals surface area contributed by atoms with Crippen LogP contribution in [0.25, 0.3) is 0 Å². The van der Waals surface area contributed by atoms with Gasteiger partial charge in [0.25, 0.3) is 5.91 Å². The highest BCUT2D eigenvalue weighted by Gasteiger charge is 2.40. The summed E-state index contributed by atoms with van der Waals surface area (Å²) in [6, 6.07) is 7.30. The molecule has 1 aromatic carbocycles. The summed E-state index contributed by atoms with van der Waals surface area (Å²) in [6.07, 6.45) is 2.58. The number of hydrogen-bond acceptors (Lipinski definition) is 4. The van der Waals surface area contributed by atoms with Gasteiger partial charge in [-0.2, -0.15) is 5.10 Å².